The Balaban J connectivity index is 2.06. The Morgan fingerprint density at radius 2 is 1.65 bits per heavy atom. The topological polar surface area (TPSA) is 96.0 Å². The number of carbonyl (C=O) groups excluding carboxylic acids is 2. The van der Waals surface area contributed by atoms with E-state index in [-0.39, 0.29) is 34.1 Å². The first-order valence-electron chi connectivity index (χ1n) is 13.0. The molecular formula is C30H36ClN3O5S. The van der Waals surface area contributed by atoms with Gasteiger partial charge in [-0.05, 0) is 68.7 Å². The summed E-state index contributed by atoms with van der Waals surface area (Å²) >= 11 is 6.35. The lowest BCUT2D eigenvalue weighted by Gasteiger charge is -2.33. The third-order valence-electron chi connectivity index (χ3n) is 6.80. The van der Waals surface area contributed by atoms with Crippen LogP contribution < -0.4 is 14.4 Å². The molecule has 2 amide bonds. The summed E-state index contributed by atoms with van der Waals surface area (Å²) in [7, 11) is -2.73. The average molecular weight is 586 g/mol. The van der Waals surface area contributed by atoms with Crippen molar-refractivity contribution in [3.05, 3.63) is 88.9 Å². The van der Waals surface area contributed by atoms with Gasteiger partial charge in [0.25, 0.3) is 10.0 Å². The fourth-order valence-electron chi connectivity index (χ4n) is 4.08. The van der Waals surface area contributed by atoms with Crippen LogP contribution in [0.2, 0.25) is 5.02 Å². The molecule has 2 unspecified atom stereocenters. The Morgan fingerprint density at radius 1 is 1.00 bits per heavy atom. The number of rotatable bonds is 12. The highest BCUT2D eigenvalue weighted by molar-refractivity contribution is 7.92. The van der Waals surface area contributed by atoms with E-state index in [9.17, 15) is 18.0 Å². The van der Waals surface area contributed by atoms with E-state index < -0.39 is 28.5 Å². The second-order valence-electron chi connectivity index (χ2n) is 9.59. The van der Waals surface area contributed by atoms with E-state index in [1.54, 1.807) is 31.2 Å². The number of ether oxygens (including phenoxy) is 1. The molecule has 0 aromatic heterocycles. The number of amides is 2. The van der Waals surface area contributed by atoms with Gasteiger partial charge in [-0.2, -0.15) is 0 Å². The molecule has 0 aliphatic heterocycles. The summed E-state index contributed by atoms with van der Waals surface area (Å²) in [6.45, 7) is 7.00. The van der Waals surface area contributed by atoms with Crippen LogP contribution in [-0.4, -0.2) is 50.9 Å². The number of methoxy groups -OCH3 is 1. The highest BCUT2D eigenvalue weighted by Gasteiger charge is 2.33. The van der Waals surface area contributed by atoms with E-state index in [1.807, 2.05) is 45.0 Å². The molecule has 3 rings (SSSR count). The summed E-state index contributed by atoms with van der Waals surface area (Å²) in [6, 6.07) is 19.0. The van der Waals surface area contributed by atoms with Gasteiger partial charge in [-0.15, -0.1) is 0 Å². The van der Waals surface area contributed by atoms with Crippen molar-refractivity contribution >= 4 is 39.1 Å². The zero-order valence-corrected chi connectivity index (χ0v) is 25.0. The molecule has 40 heavy (non-hydrogen) atoms. The van der Waals surface area contributed by atoms with Gasteiger partial charge in [0.2, 0.25) is 11.8 Å². The lowest BCUT2D eigenvalue weighted by Crippen LogP contribution is -2.52. The maximum Gasteiger partial charge on any atom is 0.264 e. The highest BCUT2D eigenvalue weighted by atomic mass is 35.5. The quantitative estimate of drug-likeness (QED) is 0.316. The number of benzene rings is 3. The van der Waals surface area contributed by atoms with E-state index in [4.69, 9.17) is 16.3 Å². The molecule has 2 atom stereocenters. The third kappa shape index (κ3) is 7.34. The Labute approximate surface area is 241 Å². The van der Waals surface area contributed by atoms with Gasteiger partial charge < -0.3 is 15.0 Å². The van der Waals surface area contributed by atoms with Crippen molar-refractivity contribution in [2.24, 2.45) is 0 Å². The number of carbonyl (C=O) groups is 2. The number of nitrogens with one attached hydrogen (secondary N) is 1. The summed E-state index contributed by atoms with van der Waals surface area (Å²) in [5.41, 5.74) is 1.99. The van der Waals surface area contributed by atoms with E-state index in [0.29, 0.717) is 5.75 Å². The van der Waals surface area contributed by atoms with Crippen LogP contribution in [-0.2, 0) is 26.2 Å². The smallest absolute Gasteiger partial charge is 0.264 e. The minimum Gasteiger partial charge on any atom is -0.495 e. The van der Waals surface area contributed by atoms with E-state index in [2.05, 4.69) is 5.32 Å². The van der Waals surface area contributed by atoms with Gasteiger partial charge in [0, 0.05) is 12.6 Å². The van der Waals surface area contributed by atoms with Crippen molar-refractivity contribution in [2.75, 3.05) is 18.0 Å². The van der Waals surface area contributed by atoms with Crippen molar-refractivity contribution in [1.29, 1.82) is 0 Å². The lowest BCUT2D eigenvalue weighted by atomic mass is 10.1. The Morgan fingerprint density at radius 3 is 2.25 bits per heavy atom. The van der Waals surface area contributed by atoms with Crippen molar-refractivity contribution in [2.45, 2.75) is 57.6 Å². The molecule has 0 radical (unpaired) electrons. The minimum atomic E-state index is -4.18. The van der Waals surface area contributed by atoms with Crippen LogP contribution in [0, 0.1) is 6.92 Å². The Kier molecular flexibility index (Phi) is 10.6. The molecule has 0 spiro atoms. The summed E-state index contributed by atoms with van der Waals surface area (Å²) in [5.74, 6) is -0.493. The summed E-state index contributed by atoms with van der Waals surface area (Å²) in [5, 5.41) is 3.12. The summed E-state index contributed by atoms with van der Waals surface area (Å²) < 4.78 is 34.0. The molecular weight excluding hydrogens is 550 g/mol. The fraction of sp³-hybridized carbons (Fsp3) is 0.333. The molecule has 10 heteroatoms. The maximum atomic E-state index is 14.0. The fourth-order valence-corrected chi connectivity index (χ4v) is 5.76. The Hall–Kier alpha value is -3.56. The second kappa shape index (κ2) is 13.7. The monoisotopic (exact) mass is 585 g/mol. The molecule has 0 bridgehead atoms. The Bertz CT molecular complexity index is 1430. The van der Waals surface area contributed by atoms with Crippen molar-refractivity contribution in [1.82, 2.24) is 10.2 Å². The SMILES string of the molecule is CCC(C)NC(=O)C(C)N(Cc1ccccc1C)C(=O)CN(c1ccc(OC)c(Cl)c1)S(=O)(=O)c1ccccc1. The van der Waals surface area contributed by atoms with Gasteiger partial charge >= 0.3 is 0 Å². The minimum absolute atomic E-state index is 0.0164. The number of halogens is 1. The van der Waals surface area contributed by atoms with Crippen LogP contribution in [0.4, 0.5) is 5.69 Å². The number of sulfonamides is 1. The lowest BCUT2D eigenvalue weighted by molar-refractivity contribution is -0.139. The molecule has 0 saturated heterocycles. The predicted molar refractivity (Wildman–Crippen MR) is 158 cm³/mol. The van der Waals surface area contributed by atoms with Crippen LogP contribution in [0.15, 0.2) is 77.7 Å². The number of hydrogen-bond donors (Lipinski definition) is 1. The molecule has 0 heterocycles. The first-order valence-corrected chi connectivity index (χ1v) is 14.9. The average Bonchev–Trinajstić information content (AvgIpc) is 2.95. The summed E-state index contributed by atoms with van der Waals surface area (Å²) in [6.07, 6.45) is 0.728. The maximum absolute atomic E-state index is 14.0. The normalized spacial score (nSPS) is 12.8. The van der Waals surface area contributed by atoms with E-state index in [1.165, 1.54) is 36.3 Å². The number of anilines is 1. The van der Waals surface area contributed by atoms with Crippen molar-refractivity contribution < 1.29 is 22.7 Å². The highest BCUT2D eigenvalue weighted by Crippen LogP contribution is 2.32. The van der Waals surface area contributed by atoms with Gasteiger partial charge in [0.1, 0.15) is 18.3 Å². The first-order chi connectivity index (χ1) is 19.0. The predicted octanol–water partition coefficient (Wildman–Crippen LogP) is 5.18. The number of hydrogen-bond acceptors (Lipinski definition) is 5. The van der Waals surface area contributed by atoms with E-state index >= 15 is 0 Å². The zero-order valence-electron chi connectivity index (χ0n) is 23.4. The largest absolute Gasteiger partial charge is 0.495 e. The van der Waals surface area contributed by atoms with Gasteiger partial charge in [-0.1, -0.05) is 61.0 Å². The van der Waals surface area contributed by atoms with Crippen LogP contribution >= 0.6 is 11.6 Å². The second-order valence-corrected chi connectivity index (χ2v) is 11.9. The molecule has 3 aromatic carbocycles. The van der Waals surface area contributed by atoms with Gasteiger partial charge in [0.15, 0.2) is 0 Å². The molecule has 214 valence electrons. The molecule has 8 nitrogen and oxygen atoms in total. The number of nitrogens with zero attached hydrogens (tertiary/aromatic N) is 2. The van der Waals surface area contributed by atoms with Gasteiger partial charge in [-0.25, -0.2) is 8.42 Å². The molecule has 0 fully saturated rings. The van der Waals surface area contributed by atoms with E-state index in [0.717, 1.165) is 21.9 Å². The van der Waals surface area contributed by atoms with Crippen molar-refractivity contribution in [3.63, 3.8) is 0 Å². The molecule has 1 N–H and O–H groups in total. The molecule has 3 aromatic rings. The van der Waals surface area contributed by atoms with Gasteiger partial charge in [-0.3, -0.25) is 13.9 Å². The van der Waals surface area contributed by atoms with Crippen LogP contribution in [0.3, 0.4) is 0 Å². The molecule has 0 aliphatic carbocycles. The first kappa shape index (κ1) is 31.0. The number of aryl methyl sites for hydroxylation is 1. The van der Waals surface area contributed by atoms with Crippen LogP contribution in [0.25, 0.3) is 0 Å². The van der Waals surface area contributed by atoms with Crippen LogP contribution in [0.5, 0.6) is 5.75 Å². The van der Waals surface area contributed by atoms with Gasteiger partial charge in [0.05, 0.1) is 22.7 Å². The third-order valence-corrected chi connectivity index (χ3v) is 8.89. The summed E-state index contributed by atoms with van der Waals surface area (Å²) in [4.78, 5) is 28.6. The molecule has 0 saturated carbocycles. The molecule has 0 aliphatic rings. The zero-order chi connectivity index (χ0) is 29.4. The standard InChI is InChI=1S/C30H36ClN3O5S/c1-6-22(3)32-30(36)23(4)33(19-24-13-11-10-12-21(24)2)29(35)20-34(25-16-17-28(39-5)27(31)18-25)40(37,38)26-14-8-7-9-15-26/h7-18,22-23H,6,19-20H2,1-5H3,(H,32,36). The van der Waals surface area contributed by atoms with Crippen molar-refractivity contribution in [3.8, 4) is 5.75 Å². The van der Waals surface area contributed by atoms with Crippen LogP contribution in [0.1, 0.15) is 38.3 Å².